The zero-order valence-corrected chi connectivity index (χ0v) is 9.98. The molecule has 1 N–H and O–H groups in total. The number of halogens is 1. The van der Waals surface area contributed by atoms with Gasteiger partial charge in [-0.05, 0) is 36.2 Å². The highest BCUT2D eigenvalue weighted by molar-refractivity contribution is 5.83. The fraction of sp³-hybridized carbons (Fsp3) is 0.133. The summed E-state index contributed by atoms with van der Waals surface area (Å²) in [5.74, 6) is -0.251. The molecule has 0 spiro atoms. The first-order valence-corrected chi connectivity index (χ1v) is 5.64. The lowest BCUT2D eigenvalue weighted by atomic mass is 9.96. The molecular formula is C15H13FO2. The van der Waals surface area contributed by atoms with Gasteiger partial charge in [0, 0.05) is 12.0 Å². The highest BCUT2D eigenvalue weighted by Crippen LogP contribution is 2.30. The molecule has 0 radical (unpaired) electrons. The second-order valence-electron chi connectivity index (χ2n) is 4.19. The largest absolute Gasteiger partial charge is 0.508 e. The van der Waals surface area contributed by atoms with Gasteiger partial charge in [-0.3, -0.25) is 4.79 Å². The summed E-state index contributed by atoms with van der Waals surface area (Å²) in [5, 5.41) is 9.83. The van der Waals surface area contributed by atoms with Crippen LogP contribution in [0.2, 0.25) is 0 Å². The number of ketones is 1. The first-order chi connectivity index (χ1) is 8.58. The van der Waals surface area contributed by atoms with Gasteiger partial charge in [-0.2, -0.15) is 0 Å². The van der Waals surface area contributed by atoms with Gasteiger partial charge < -0.3 is 5.11 Å². The zero-order valence-electron chi connectivity index (χ0n) is 9.98. The zero-order chi connectivity index (χ0) is 13.1. The summed E-state index contributed by atoms with van der Waals surface area (Å²) in [6.07, 6.45) is 0.166. The van der Waals surface area contributed by atoms with Gasteiger partial charge in [0.2, 0.25) is 0 Å². The molecule has 0 heterocycles. The number of carbonyl (C=O) groups excluding carboxylic acids is 1. The molecule has 0 bridgehead atoms. The van der Waals surface area contributed by atoms with E-state index in [-0.39, 0.29) is 23.8 Å². The summed E-state index contributed by atoms with van der Waals surface area (Å²) < 4.78 is 12.9. The molecule has 2 nitrogen and oxygen atoms in total. The van der Waals surface area contributed by atoms with Gasteiger partial charge >= 0.3 is 0 Å². The summed E-state index contributed by atoms with van der Waals surface area (Å²) in [6, 6.07) is 11.0. The number of hydrogen-bond acceptors (Lipinski definition) is 2. The van der Waals surface area contributed by atoms with Crippen LogP contribution < -0.4 is 0 Å². The molecule has 2 aromatic rings. The van der Waals surface area contributed by atoms with Crippen LogP contribution in [0, 0.1) is 5.82 Å². The number of Topliss-reactive ketones (excluding diaryl/α,β-unsaturated/α-hetero) is 1. The van der Waals surface area contributed by atoms with Crippen LogP contribution in [0.4, 0.5) is 4.39 Å². The molecule has 18 heavy (non-hydrogen) atoms. The van der Waals surface area contributed by atoms with Crippen LogP contribution >= 0.6 is 0 Å². The molecule has 0 fully saturated rings. The molecule has 3 heteroatoms. The molecule has 0 aliphatic carbocycles. The Morgan fingerprint density at radius 3 is 2.44 bits per heavy atom. The summed E-state index contributed by atoms with van der Waals surface area (Å²) in [6.45, 7) is 1.47. The van der Waals surface area contributed by atoms with Crippen molar-refractivity contribution in [3.63, 3.8) is 0 Å². The quantitative estimate of drug-likeness (QED) is 0.899. The van der Waals surface area contributed by atoms with E-state index in [9.17, 15) is 14.3 Å². The molecule has 2 aromatic carbocycles. The number of carbonyl (C=O) groups is 1. The monoisotopic (exact) mass is 244 g/mol. The Labute approximate surface area is 105 Å². The van der Waals surface area contributed by atoms with Crippen LogP contribution in [0.25, 0.3) is 11.1 Å². The number of hydrogen-bond donors (Lipinski definition) is 1. The summed E-state index contributed by atoms with van der Waals surface area (Å²) in [5.41, 5.74) is 2.12. The van der Waals surface area contributed by atoms with Crippen molar-refractivity contribution in [2.45, 2.75) is 13.3 Å². The Morgan fingerprint density at radius 2 is 1.83 bits per heavy atom. The lowest BCUT2D eigenvalue weighted by Crippen LogP contribution is -1.99. The Balaban J connectivity index is 2.53. The first-order valence-electron chi connectivity index (χ1n) is 5.64. The molecule has 0 aromatic heterocycles. The van der Waals surface area contributed by atoms with Crippen molar-refractivity contribution in [2.75, 3.05) is 0 Å². The van der Waals surface area contributed by atoms with Crippen molar-refractivity contribution in [1.82, 2.24) is 0 Å². The van der Waals surface area contributed by atoms with Crippen molar-refractivity contribution in [3.05, 3.63) is 53.8 Å². The van der Waals surface area contributed by atoms with Crippen molar-refractivity contribution >= 4 is 5.78 Å². The van der Waals surface area contributed by atoms with Crippen molar-refractivity contribution in [3.8, 4) is 16.9 Å². The van der Waals surface area contributed by atoms with E-state index in [0.717, 1.165) is 11.1 Å². The predicted molar refractivity (Wildman–Crippen MR) is 67.9 cm³/mol. The number of benzene rings is 2. The van der Waals surface area contributed by atoms with Gasteiger partial charge in [-0.1, -0.05) is 24.3 Å². The third kappa shape index (κ3) is 2.56. The fourth-order valence-corrected chi connectivity index (χ4v) is 1.91. The average Bonchev–Trinajstić information content (AvgIpc) is 2.32. The van der Waals surface area contributed by atoms with Crippen LogP contribution in [0.3, 0.4) is 0 Å². The van der Waals surface area contributed by atoms with E-state index in [1.54, 1.807) is 24.3 Å². The van der Waals surface area contributed by atoms with E-state index < -0.39 is 0 Å². The van der Waals surface area contributed by atoms with Crippen LogP contribution in [0.15, 0.2) is 42.5 Å². The molecule has 0 aliphatic heterocycles. The molecule has 0 amide bonds. The van der Waals surface area contributed by atoms with Crippen molar-refractivity contribution in [1.29, 1.82) is 0 Å². The number of rotatable bonds is 3. The highest BCUT2D eigenvalue weighted by atomic mass is 19.1. The minimum Gasteiger partial charge on any atom is -0.508 e. The van der Waals surface area contributed by atoms with Crippen LogP contribution in [-0.2, 0) is 11.2 Å². The van der Waals surface area contributed by atoms with Crippen molar-refractivity contribution < 1.29 is 14.3 Å². The lowest BCUT2D eigenvalue weighted by Gasteiger charge is -2.10. The van der Waals surface area contributed by atoms with Crippen LogP contribution in [0.1, 0.15) is 12.5 Å². The molecule has 0 saturated heterocycles. The molecule has 0 saturated carbocycles. The smallest absolute Gasteiger partial charge is 0.134 e. The Hall–Kier alpha value is -2.16. The van der Waals surface area contributed by atoms with Crippen LogP contribution in [0.5, 0.6) is 5.75 Å². The molecule has 92 valence electrons. The van der Waals surface area contributed by atoms with Gasteiger partial charge in [0.1, 0.15) is 17.3 Å². The first kappa shape index (κ1) is 12.3. The van der Waals surface area contributed by atoms with Gasteiger partial charge in [0.05, 0.1) is 0 Å². The fourth-order valence-electron chi connectivity index (χ4n) is 1.91. The SMILES string of the molecule is CC(=O)Cc1c(O)cccc1-c1ccc(F)cc1. The van der Waals surface area contributed by atoms with Crippen LogP contribution in [-0.4, -0.2) is 10.9 Å². The number of phenols is 1. The number of aromatic hydroxyl groups is 1. The normalized spacial score (nSPS) is 10.3. The van der Waals surface area contributed by atoms with E-state index in [1.807, 2.05) is 6.07 Å². The van der Waals surface area contributed by atoms with E-state index in [1.165, 1.54) is 19.1 Å². The summed E-state index contributed by atoms with van der Waals surface area (Å²) >= 11 is 0. The van der Waals surface area contributed by atoms with Gasteiger partial charge in [-0.15, -0.1) is 0 Å². The van der Waals surface area contributed by atoms with Gasteiger partial charge in [-0.25, -0.2) is 4.39 Å². The maximum absolute atomic E-state index is 12.9. The summed E-state index contributed by atoms with van der Waals surface area (Å²) in [4.78, 5) is 11.2. The lowest BCUT2D eigenvalue weighted by molar-refractivity contribution is -0.116. The summed E-state index contributed by atoms with van der Waals surface area (Å²) in [7, 11) is 0. The minimum absolute atomic E-state index is 0.0279. The van der Waals surface area contributed by atoms with E-state index in [2.05, 4.69) is 0 Å². The predicted octanol–water partition coefficient (Wildman–Crippen LogP) is 3.33. The second-order valence-corrected chi connectivity index (χ2v) is 4.19. The van der Waals surface area contributed by atoms with E-state index >= 15 is 0 Å². The molecule has 0 atom stereocenters. The molecule has 0 aliphatic rings. The standard InChI is InChI=1S/C15H13FO2/c1-10(17)9-14-13(3-2-4-15(14)18)11-5-7-12(16)8-6-11/h2-8,18H,9H2,1H3. The number of phenolic OH excluding ortho intramolecular Hbond substituents is 1. The topological polar surface area (TPSA) is 37.3 Å². The molecule has 0 unspecified atom stereocenters. The van der Waals surface area contributed by atoms with E-state index in [0.29, 0.717) is 5.56 Å². The van der Waals surface area contributed by atoms with Crippen molar-refractivity contribution in [2.24, 2.45) is 0 Å². The van der Waals surface area contributed by atoms with Gasteiger partial charge in [0.25, 0.3) is 0 Å². The third-order valence-corrected chi connectivity index (χ3v) is 2.73. The maximum Gasteiger partial charge on any atom is 0.134 e. The third-order valence-electron chi connectivity index (χ3n) is 2.73. The maximum atomic E-state index is 12.9. The Kier molecular flexibility index (Phi) is 3.42. The molecule has 2 rings (SSSR count). The minimum atomic E-state index is -0.313. The average molecular weight is 244 g/mol. The Bertz CT molecular complexity index is 574. The second kappa shape index (κ2) is 5.00. The Morgan fingerprint density at radius 1 is 1.17 bits per heavy atom. The van der Waals surface area contributed by atoms with E-state index in [4.69, 9.17) is 0 Å². The van der Waals surface area contributed by atoms with Gasteiger partial charge in [0.15, 0.2) is 0 Å². The highest BCUT2D eigenvalue weighted by Gasteiger charge is 2.11. The molecular weight excluding hydrogens is 231 g/mol.